The molecule has 2 aromatic rings. The maximum atomic E-state index is 13.5. The number of anilines is 1. The average molecular weight is 546 g/mol. The first kappa shape index (κ1) is 25.5. The number of piperidine rings is 1. The van der Waals surface area contributed by atoms with Crippen molar-refractivity contribution in [3.05, 3.63) is 53.3 Å². The van der Waals surface area contributed by atoms with E-state index in [2.05, 4.69) is 14.9 Å². The monoisotopic (exact) mass is 545 g/mol. The molecule has 0 saturated carbocycles. The molecule has 2 amide bonds. The number of nitrogens with zero attached hydrogens (tertiary/aromatic N) is 5. The maximum Gasteiger partial charge on any atom is 0.302 e. The fraction of sp³-hybridized carbons (Fsp3) is 0.440. The van der Waals surface area contributed by atoms with Crippen LogP contribution in [0.25, 0.3) is 0 Å². The number of rotatable bonds is 4. The van der Waals surface area contributed by atoms with Crippen molar-refractivity contribution in [3.8, 4) is 5.75 Å². The quantitative estimate of drug-likeness (QED) is 0.578. The molecule has 0 spiro atoms. The SMILES string of the molecule is CC(=O)N(C1CCN(c2ccncc2)CC1)N1CCN=C(S(=O)(=O)C2COc3cc(Cl)ccc3C2)C1=O. The van der Waals surface area contributed by atoms with Crippen molar-refractivity contribution < 1.29 is 22.7 Å². The highest BCUT2D eigenvalue weighted by atomic mass is 35.5. The minimum absolute atomic E-state index is 0.0969. The summed E-state index contributed by atoms with van der Waals surface area (Å²) >= 11 is 6.01. The Labute approximate surface area is 220 Å². The number of sulfone groups is 1. The second-order valence-electron chi connectivity index (χ2n) is 9.34. The molecule has 196 valence electrons. The summed E-state index contributed by atoms with van der Waals surface area (Å²) in [5.74, 6) is -0.528. The molecule has 12 heteroatoms. The minimum atomic E-state index is -4.11. The maximum absolute atomic E-state index is 13.5. The molecule has 5 rings (SSSR count). The van der Waals surface area contributed by atoms with Crippen LogP contribution in [0.15, 0.2) is 47.7 Å². The van der Waals surface area contributed by atoms with Gasteiger partial charge in [0.15, 0.2) is 0 Å². The third-order valence-electron chi connectivity index (χ3n) is 7.02. The van der Waals surface area contributed by atoms with Crippen molar-refractivity contribution in [3.63, 3.8) is 0 Å². The number of benzene rings is 1. The molecule has 1 fully saturated rings. The number of ether oxygens (including phenoxy) is 1. The van der Waals surface area contributed by atoms with Crippen molar-refractivity contribution in [2.45, 2.75) is 37.5 Å². The molecule has 37 heavy (non-hydrogen) atoms. The highest BCUT2D eigenvalue weighted by molar-refractivity contribution is 8.08. The minimum Gasteiger partial charge on any atom is -0.492 e. The Morgan fingerprint density at radius 3 is 2.57 bits per heavy atom. The molecule has 1 saturated heterocycles. The van der Waals surface area contributed by atoms with Gasteiger partial charge >= 0.3 is 5.91 Å². The van der Waals surface area contributed by atoms with Crippen molar-refractivity contribution >= 4 is 44.0 Å². The first-order chi connectivity index (χ1) is 17.8. The number of fused-ring (bicyclic) bond motifs is 1. The third-order valence-corrected chi connectivity index (χ3v) is 9.27. The van der Waals surface area contributed by atoms with Crippen molar-refractivity contribution in [1.82, 2.24) is 15.0 Å². The van der Waals surface area contributed by atoms with E-state index >= 15 is 0 Å². The highest BCUT2D eigenvalue weighted by Gasteiger charge is 2.44. The number of halogens is 1. The van der Waals surface area contributed by atoms with E-state index in [1.807, 2.05) is 12.1 Å². The van der Waals surface area contributed by atoms with Gasteiger partial charge in [0.1, 0.15) is 17.6 Å². The van der Waals surface area contributed by atoms with Crippen LogP contribution in [0.4, 0.5) is 5.69 Å². The van der Waals surface area contributed by atoms with Gasteiger partial charge in [-0.3, -0.25) is 19.6 Å². The summed E-state index contributed by atoms with van der Waals surface area (Å²) < 4.78 is 32.8. The lowest BCUT2D eigenvalue weighted by molar-refractivity contribution is -0.164. The van der Waals surface area contributed by atoms with Crippen molar-refractivity contribution in [1.29, 1.82) is 0 Å². The molecule has 4 heterocycles. The zero-order valence-corrected chi connectivity index (χ0v) is 22.0. The Balaban J connectivity index is 1.32. The van der Waals surface area contributed by atoms with Crippen LogP contribution in [0.2, 0.25) is 5.02 Å². The average Bonchev–Trinajstić information content (AvgIpc) is 2.90. The number of hydrogen-bond acceptors (Lipinski definition) is 8. The molecule has 0 aliphatic carbocycles. The van der Waals surface area contributed by atoms with Crippen LogP contribution in [0, 0.1) is 0 Å². The third kappa shape index (κ3) is 5.02. The molecule has 1 aromatic carbocycles. The number of hydrogen-bond donors (Lipinski definition) is 0. The van der Waals surface area contributed by atoms with Gasteiger partial charge in [-0.25, -0.2) is 18.4 Å². The lowest BCUT2D eigenvalue weighted by atomic mass is 10.0. The Morgan fingerprint density at radius 1 is 1.14 bits per heavy atom. The summed E-state index contributed by atoms with van der Waals surface area (Å²) in [5.41, 5.74) is 1.76. The molecule has 1 unspecified atom stereocenters. The van der Waals surface area contributed by atoms with Gasteiger partial charge in [0.2, 0.25) is 20.8 Å². The molecular formula is C25H28ClN5O5S. The largest absolute Gasteiger partial charge is 0.492 e. The second kappa shape index (κ2) is 10.3. The second-order valence-corrected chi connectivity index (χ2v) is 11.9. The van der Waals surface area contributed by atoms with Gasteiger partial charge in [-0.2, -0.15) is 0 Å². The van der Waals surface area contributed by atoms with Gasteiger partial charge in [0.25, 0.3) is 0 Å². The molecule has 10 nitrogen and oxygen atoms in total. The Kier molecular flexibility index (Phi) is 7.09. The first-order valence-corrected chi connectivity index (χ1v) is 14.1. The lowest BCUT2D eigenvalue weighted by Crippen LogP contribution is -2.61. The van der Waals surface area contributed by atoms with Crippen LogP contribution in [-0.2, 0) is 25.8 Å². The van der Waals surface area contributed by atoms with E-state index in [4.69, 9.17) is 16.3 Å². The summed E-state index contributed by atoms with van der Waals surface area (Å²) in [6.07, 6.45) is 4.94. The number of amides is 2. The van der Waals surface area contributed by atoms with Gasteiger partial charge in [0, 0.05) is 43.1 Å². The van der Waals surface area contributed by atoms with E-state index in [1.54, 1.807) is 30.6 Å². The summed E-state index contributed by atoms with van der Waals surface area (Å²) in [7, 11) is -4.11. The van der Waals surface area contributed by atoms with Crippen LogP contribution in [0.3, 0.4) is 0 Å². The van der Waals surface area contributed by atoms with E-state index in [0.29, 0.717) is 42.3 Å². The molecule has 3 aliphatic heterocycles. The number of hydrazine groups is 1. The molecule has 1 atom stereocenters. The molecular weight excluding hydrogens is 518 g/mol. The van der Waals surface area contributed by atoms with Gasteiger partial charge in [-0.05, 0) is 49.1 Å². The zero-order chi connectivity index (χ0) is 26.2. The molecule has 1 aromatic heterocycles. The summed E-state index contributed by atoms with van der Waals surface area (Å²) in [5, 5.41) is 1.74. The van der Waals surface area contributed by atoms with E-state index < -0.39 is 26.0 Å². The predicted octanol–water partition coefficient (Wildman–Crippen LogP) is 2.13. The number of aliphatic imine (C=N–C) groups is 1. The zero-order valence-electron chi connectivity index (χ0n) is 20.4. The summed E-state index contributed by atoms with van der Waals surface area (Å²) in [6.45, 7) is 2.93. The van der Waals surface area contributed by atoms with Crippen LogP contribution < -0.4 is 9.64 Å². The van der Waals surface area contributed by atoms with E-state index in [-0.39, 0.29) is 38.1 Å². The predicted molar refractivity (Wildman–Crippen MR) is 139 cm³/mol. The standard InChI is InChI=1S/C25H28ClN5O5S/c1-17(32)31(21-6-11-29(12-7-21)20-4-8-27-9-5-20)30-13-10-28-24(25(30)33)37(34,35)22-14-18-2-3-19(26)15-23(18)36-16-22/h2-5,8-9,15,21-22H,6-7,10-14,16H2,1H3. The van der Waals surface area contributed by atoms with Crippen LogP contribution in [0.5, 0.6) is 5.75 Å². The molecule has 0 bridgehead atoms. The Hall–Kier alpha value is -3.18. The normalized spacial score (nSPS) is 20.6. The number of carbonyl (C=O) groups excluding carboxylic acids is 2. The molecule has 3 aliphatic rings. The number of pyridine rings is 1. The summed E-state index contributed by atoms with van der Waals surface area (Å²) in [6, 6.07) is 8.70. The topological polar surface area (TPSA) is 112 Å². The van der Waals surface area contributed by atoms with E-state index in [9.17, 15) is 18.0 Å². The highest BCUT2D eigenvalue weighted by Crippen LogP contribution is 2.31. The van der Waals surface area contributed by atoms with Crippen molar-refractivity contribution in [2.75, 3.05) is 37.7 Å². The Morgan fingerprint density at radius 2 is 1.86 bits per heavy atom. The smallest absolute Gasteiger partial charge is 0.302 e. The van der Waals surface area contributed by atoms with E-state index in [0.717, 1.165) is 5.69 Å². The van der Waals surface area contributed by atoms with Gasteiger partial charge < -0.3 is 9.64 Å². The lowest BCUT2D eigenvalue weighted by Gasteiger charge is -2.44. The van der Waals surface area contributed by atoms with Gasteiger partial charge in [0.05, 0.1) is 19.1 Å². The fourth-order valence-electron chi connectivity index (χ4n) is 5.17. The summed E-state index contributed by atoms with van der Waals surface area (Å²) in [4.78, 5) is 36.7. The Bertz CT molecular complexity index is 1330. The number of carbonyl (C=O) groups is 2. The van der Waals surface area contributed by atoms with Gasteiger partial charge in [-0.15, -0.1) is 0 Å². The molecule has 0 radical (unpaired) electrons. The van der Waals surface area contributed by atoms with Gasteiger partial charge in [-0.1, -0.05) is 17.7 Å². The fourth-order valence-corrected chi connectivity index (χ4v) is 6.91. The van der Waals surface area contributed by atoms with Crippen LogP contribution in [0.1, 0.15) is 25.3 Å². The van der Waals surface area contributed by atoms with Crippen LogP contribution in [-0.4, -0.2) is 84.4 Å². The number of aromatic nitrogens is 1. The van der Waals surface area contributed by atoms with E-state index in [1.165, 1.54) is 16.9 Å². The molecule has 0 N–H and O–H groups in total. The van der Waals surface area contributed by atoms with Crippen molar-refractivity contribution in [2.24, 2.45) is 4.99 Å². The van der Waals surface area contributed by atoms with Crippen LogP contribution >= 0.6 is 11.6 Å². The first-order valence-electron chi connectivity index (χ1n) is 12.2.